The average Bonchev–Trinajstić information content (AvgIpc) is 4.38. The van der Waals surface area contributed by atoms with Crippen molar-refractivity contribution in [2.45, 2.75) is 87.9 Å². The topological polar surface area (TPSA) is 6.48 Å². The summed E-state index contributed by atoms with van der Waals surface area (Å²) in [4.78, 5) is 5.11. The van der Waals surface area contributed by atoms with Gasteiger partial charge >= 0.3 is 0 Å². The molecule has 9 aromatic carbocycles. The second kappa shape index (κ2) is 15.7. The maximum Gasteiger partial charge on any atom is 0.0502 e. The van der Waals surface area contributed by atoms with Crippen LogP contribution in [-0.4, -0.2) is 0 Å². The molecule has 16 rings (SSSR count). The number of para-hydroxylation sites is 3. The van der Waals surface area contributed by atoms with Gasteiger partial charge in [-0.15, -0.1) is 0 Å². The van der Waals surface area contributed by atoms with Crippen molar-refractivity contribution in [3.8, 4) is 22.3 Å². The fraction of sp³-hybridized carbons (Fsp3) is 0.189. The van der Waals surface area contributed by atoms with Crippen molar-refractivity contribution in [2.24, 2.45) is 0 Å². The van der Waals surface area contributed by atoms with Crippen LogP contribution in [0.3, 0.4) is 0 Å². The van der Waals surface area contributed by atoms with Crippen LogP contribution in [0.2, 0.25) is 0 Å². The van der Waals surface area contributed by atoms with E-state index in [-0.39, 0.29) is 21.7 Å². The van der Waals surface area contributed by atoms with E-state index in [9.17, 15) is 0 Å². The highest BCUT2D eigenvalue weighted by atomic mass is 15.2. The van der Waals surface area contributed by atoms with Crippen molar-refractivity contribution >= 4 is 40.6 Å². The van der Waals surface area contributed by atoms with Gasteiger partial charge in [0.2, 0.25) is 0 Å². The molecule has 2 heterocycles. The van der Waals surface area contributed by atoms with Gasteiger partial charge in [0.1, 0.15) is 0 Å². The van der Waals surface area contributed by atoms with Gasteiger partial charge in [-0.05, 0) is 187 Å². The molecule has 7 aliphatic rings. The molecule has 0 fully saturated rings. The normalized spacial score (nSPS) is 18.4. The minimum absolute atomic E-state index is 0.0240. The minimum Gasteiger partial charge on any atom is -0.310 e. The summed E-state index contributed by atoms with van der Waals surface area (Å²) in [5, 5.41) is 0. The van der Waals surface area contributed by atoms with Crippen molar-refractivity contribution in [3.05, 3.63) is 290 Å². The van der Waals surface area contributed by atoms with Gasteiger partial charge in [-0.3, -0.25) is 0 Å². The summed E-state index contributed by atoms with van der Waals surface area (Å²) >= 11 is 0. The lowest BCUT2D eigenvalue weighted by Gasteiger charge is -2.44. The Morgan fingerprint density at radius 1 is 0.368 bits per heavy atom. The van der Waals surface area contributed by atoms with Crippen LogP contribution >= 0.6 is 0 Å². The van der Waals surface area contributed by atoms with E-state index >= 15 is 0 Å². The third kappa shape index (κ3) is 5.99. The van der Waals surface area contributed by atoms with E-state index in [0.29, 0.717) is 0 Å². The van der Waals surface area contributed by atoms with E-state index < -0.39 is 0 Å². The average molecular weight is 977 g/mol. The SMILES string of the molecule is CC1(C)C2=C(C=CCC2)N(c2ccc3c(c2)C2(Cc4ccccc4C2)c2cc(/C=C/c4ccc5c(c4)C4(Cc6ccccc6C4)c4cc(N6c7ccccc7C(C)(C)c7ccccc76)ccc4-5)ccc2-3)c2ccccc21. The van der Waals surface area contributed by atoms with Gasteiger partial charge in [-0.2, -0.15) is 0 Å². The highest BCUT2D eigenvalue weighted by molar-refractivity contribution is 5.92. The van der Waals surface area contributed by atoms with E-state index in [4.69, 9.17) is 0 Å². The van der Waals surface area contributed by atoms with E-state index in [0.717, 1.165) is 38.5 Å². The lowest BCUT2D eigenvalue weighted by Crippen LogP contribution is -2.35. The van der Waals surface area contributed by atoms with E-state index in [2.05, 4.69) is 256 Å². The largest absolute Gasteiger partial charge is 0.310 e. The first-order valence-electron chi connectivity index (χ1n) is 27.8. The number of fused-ring (bicyclic) bond motifs is 15. The van der Waals surface area contributed by atoms with Crippen LogP contribution in [0.25, 0.3) is 34.4 Å². The Balaban J connectivity index is 0.783. The fourth-order valence-corrected chi connectivity index (χ4v) is 15.9. The van der Waals surface area contributed by atoms with Crippen molar-refractivity contribution in [2.75, 3.05) is 9.80 Å². The molecular formula is C74H60N2. The standard InChI is InChI=1S/C74H60N2/c1-71(2)59-21-9-13-25-67(59)75(68-26-14-10-22-60(68)71)53-33-37-57-55-35-31-47(39-63(55)73(65(57)41-53)43-49-17-5-6-18-50(49)44-73)29-30-48-32-36-56-58-38-34-54(42-66(58)74(64(56)40-48)45-51-19-7-8-20-52(51)46-74)76-69-27-15-11-23-61(69)72(3,4)62-24-12-16-28-70(62)76/h5-11,13-23,25-42H,12,24,43-46H2,1-4H3/b30-29+. The fourth-order valence-electron chi connectivity index (χ4n) is 15.9. The van der Waals surface area contributed by atoms with Crippen molar-refractivity contribution in [1.29, 1.82) is 0 Å². The Bertz CT molecular complexity index is 4000. The van der Waals surface area contributed by atoms with Crippen molar-refractivity contribution in [1.82, 2.24) is 0 Å². The highest BCUT2D eigenvalue weighted by Crippen LogP contribution is 2.61. The number of allylic oxidation sites excluding steroid dienone is 3. The maximum atomic E-state index is 2.58. The van der Waals surface area contributed by atoms with E-state index in [1.54, 1.807) is 0 Å². The lowest BCUT2D eigenvalue weighted by molar-refractivity contribution is 0.562. The molecule has 0 N–H and O–H groups in total. The van der Waals surface area contributed by atoms with Crippen molar-refractivity contribution < 1.29 is 0 Å². The number of benzene rings is 9. The number of anilines is 5. The van der Waals surface area contributed by atoms with Crippen LogP contribution in [0.1, 0.15) is 113 Å². The summed E-state index contributed by atoms with van der Waals surface area (Å²) < 4.78 is 0. The summed E-state index contributed by atoms with van der Waals surface area (Å²) in [5.41, 5.74) is 32.6. The van der Waals surface area contributed by atoms with Crippen LogP contribution < -0.4 is 9.80 Å². The summed E-state index contributed by atoms with van der Waals surface area (Å²) in [6.45, 7) is 9.59. The van der Waals surface area contributed by atoms with Crippen molar-refractivity contribution in [3.63, 3.8) is 0 Å². The number of hydrogen-bond donors (Lipinski definition) is 0. The molecule has 5 aliphatic carbocycles. The predicted octanol–water partition coefficient (Wildman–Crippen LogP) is 18.1. The van der Waals surface area contributed by atoms with E-state index in [1.165, 1.54) is 134 Å². The number of rotatable bonds is 4. The summed E-state index contributed by atoms with van der Waals surface area (Å²) in [7, 11) is 0. The molecule has 0 unspecified atom stereocenters. The monoisotopic (exact) mass is 976 g/mol. The minimum atomic E-state index is -0.164. The van der Waals surface area contributed by atoms with Gasteiger partial charge in [0.05, 0.1) is 17.1 Å². The maximum absolute atomic E-state index is 2.58. The molecule has 0 radical (unpaired) electrons. The molecule has 0 atom stereocenters. The zero-order valence-corrected chi connectivity index (χ0v) is 43.9. The Hall–Kier alpha value is -8.20. The second-order valence-electron chi connectivity index (χ2n) is 24.1. The highest BCUT2D eigenvalue weighted by Gasteiger charge is 2.50. The Morgan fingerprint density at radius 2 is 0.750 bits per heavy atom. The lowest BCUT2D eigenvalue weighted by atomic mass is 9.70. The van der Waals surface area contributed by atoms with Gasteiger partial charge < -0.3 is 9.80 Å². The summed E-state index contributed by atoms with van der Waals surface area (Å²) in [5.74, 6) is 0. The molecule has 9 aromatic rings. The quantitative estimate of drug-likeness (QED) is 0.162. The molecule has 0 saturated heterocycles. The van der Waals surface area contributed by atoms with Crippen LogP contribution in [0.5, 0.6) is 0 Å². The van der Waals surface area contributed by atoms with Gasteiger partial charge in [-0.25, -0.2) is 0 Å². The molecule has 76 heavy (non-hydrogen) atoms. The van der Waals surface area contributed by atoms with Crippen LogP contribution in [0.15, 0.2) is 218 Å². The molecule has 2 nitrogen and oxygen atoms in total. The first-order chi connectivity index (χ1) is 37.1. The molecule has 2 heteroatoms. The molecule has 0 amide bonds. The van der Waals surface area contributed by atoms with E-state index in [1.807, 2.05) is 0 Å². The zero-order chi connectivity index (χ0) is 50.7. The van der Waals surface area contributed by atoms with Gasteiger partial charge in [-0.1, -0.05) is 198 Å². The molecule has 0 aromatic heterocycles. The van der Waals surface area contributed by atoms with Gasteiger partial charge in [0, 0.05) is 38.7 Å². The predicted molar refractivity (Wildman–Crippen MR) is 316 cm³/mol. The van der Waals surface area contributed by atoms with Gasteiger partial charge in [0.25, 0.3) is 0 Å². The summed E-state index contributed by atoms with van der Waals surface area (Å²) in [6.07, 6.45) is 15.7. The zero-order valence-electron chi connectivity index (χ0n) is 43.9. The Kier molecular flexibility index (Phi) is 9.11. The molecule has 2 aliphatic heterocycles. The number of nitrogens with zero attached hydrogens (tertiary/aromatic N) is 2. The molecule has 0 saturated carbocycles. The first-order valence-corrected chi connectivity index (χ1v) is 27.8. The third-order valence-electron chi connectivity index (χ3n) is 19.5. The Morgan fingerprint density at radius 3 is 1.22 bits per heavy atom. The summed E-state index contributed by atoms with van der Waals surface area (Å²) in [6, 6.07) is 75.0. The Labute approximate surface area is 448 Å². The van der Waals surface area contributed by atoms with Crippen LogP contribution in [0.4, 0.5) is 28.4 Å². The van der Waals surface area contributed by atoms with Gasteiger partial charge in [0.15, 0.2) is 0 Å². The van der Waals surface area contributed by atoms with Crippen LogP contribution in [-0.2, 0) is 47.3 Å². The first kappa shape index (κ1) is 44.1. The molecule has 2 spiro atoms. The molecule has 0 bridgehead atoms. The van der Waals surface area contributed by atoms with Crippen LogP contribution in [0, 0.1) is 0 Å². The molecular weight excluding hydrogens is 917 g/mol. The second-order valence-corrected chi connectivity index (χ2v) is 24.1. The molecule has 366 valence electrons. The smallest absolute Gasteiger partial charge is 0.0502 e. The third-order valence-corrected chi connectivity index (χ3v) is 19.5. The number of hydrogen-bond acceptors (Lipinski definition) is 2.